The summed E-state index contributed by atoms with van der Waals surface area (Å²) < 4.78 is 5.48. The van der Waals surface area contributed by atoms with E-state index in [0.717, 1.165) is 31.2 Å². The van der Waals surface area contributed by atoms with E-state index in [9.17, 15) is 9.90 Å². The number of carbonyl (C=O) groups excluding carboxylic acids is 1. The van der Waals surface area contributed by atoms with Crippen LogP contribution in [0.5, 0.6) is 5.75 Å². The minimum absolute atomic E-state index is 0.0499. The number of ether oxygens (including phenoxy) is 1. The molecule has 1 amide bonds. The predicted molar refractivity (Wildman–Crippen MR) is 78.1 cm³/mol. The van der Waals surface area contributed by atoms with E-state index in [1.165, 1.54) is 0 Å². The third-order valence-corrected chi connectivity index (χ3v) is 3.81. The van der Waals surface area contributed by atoms with Crippen molar-refractivity contribution in [3.05, 3.63) is 28.8 Å². The third-order valence-electron chi connectivity index (χ3n) is 3.57. The molecule has 2 rings (SSSR count). The van der Waals surface area contributed by atoms with Crippen LogP contribution in [0.1, 0.15) is 31.2 Å². The van der Waals surface area contributed by atoms with Crippen LogP contribution < -0.4 is 10.1 Å². The van der Waals surface area contributed by atoms with Gasteiger partial charge in [0.25, 0.3) is 5.91 Å². The highest BCUT2D eigenvalue weighted by molar-refractivity contribution is 6.30. The van der Waals surface area contributed by atoms with Gasteiger partial charge in [-0.05, 0) is 43.5 Å². The van der Waals surface area contributed by atoms with E-state index < -0.39 is 6.10 Å². The number of aliphatic hydroxyl groups is 1. The first-order valence-electron chi connectivity index (χ1n) is 6.92. The quantitative estimate of drug-likeness (QED) is 0.897. The van der Waals surface area contributed by atoms with E-state index in [0.29, 0.717) is 10.8 Å². The predicted octanol–water partition coefficient (Wildman–Crippen LogP) is 2.45. The van der Waals surface area contributed by atoms with E-state index in [-0.39, 0.29) is 18.6 Å². The molecule has 0 aromatic heterocycles. The van der Waals surface area contributed by atoms with Crippen molar-refractivity contribution in [2.75, 3.05) is 6.61 Å². The summed E-state index contributed by atoms with van der Waals surface area (Å²) in [4.78, 5) is 11.8. The van der Waals surface area contributed by atoms with Crippen molar-refractivity contribution >= 4 is 17.5 Å². The van der Waals surface area contributed by atoms with Crippen LogP contribution in [0.3, 0.4) is 0 Å². The number of aliphatic hydroxyl groups excluding tert-OH is 1. The lowest BCUT2D eigenvalue weighted by Gasteiger charge is -2.28. The fraction of sp³-hybridized carbons (Fsp3) is 0.533. The Morgan fingerprint density at radius 2 is 2.20 bits per heavy atom. The van der Waals surface area contributed by atoms with E-state index >= 15 is 0 Å². The molecule has 0 aliphatic heterocycles. The molecule has 1 aromatic carbocycles. The van der Waals surface area contributed by atoms with Gasteiger partial charge in [0, 0.05) is 5.02 Å². The van der Waals surface area contributed by atoms with Crippen LogP contribution in [-0.4, -0.2) is 29.8 Å². The van der Waals surface area contributed by atoms with Gasteiger partial charge in [-0.25, -0.2) is 0 Å². The van der Waals surface area contributed by atoms with Crippen molar-refractivity contribution in [1.29, 1.82) is 0 Å². The monoisotopic (exact) mass is 297 g/mol. The molecule has 1 aromatic rings. The summed E-state index contributed by atoms with van der Waals surface area (Å²) >= 11 is 5.86. The largest absolute Gasteiger partial charge is 0.484 e. The fourth-order valence-corrected chi connectivity index (χ4v) is 2.67. The zero-order valence-electron chi connectivity index (χ0n) is 11.6. The van der Waals surface area contributed by atoms with E-state index in [1.54, 1.807) is 18.2 Å². The van der Waals surface area contributed by atoms with Gasteiger partial charge >= 0.3 is 0 Å². The second kappa shape index (κ2) is 6.95. The SMILES string of the molecule is Cc1cc(Cl)ccc1OCC(=O)N[C@H]1CCCC[C@@H]1O. The third kappa shape index (κ3) is 4.12. The Bertz CT molecular complexity index is 478. The van der Waals surface area contributed by atoms with Crippen molar-refractivity contribution in [2.24, 2.45) is 0 Å². The highest BCUT2D eigenvalue weighted by Gasteiger charge is 2.24. The van der Waals surface area contributed by atoms with Crippen molar-refractivity contribution in [2.45, 2.75) is 44.8 Å². The molecule has 2 N–H and O–H groups in total. The Morgan fingerprint density at radius 3 is 2.90 bits per heavy atom. The lowest BCUT2D eigenvalue weighted by molar-refractivity contribution is -0.125. The highest BCUT2D eigenvalue weighted by Crippen LogP contribution is 2.22. The number of rotatable bonds is 4. The molecule has 20 heavy (non-hydrogen) atoms. The normalized spacial score (nSPS) is 22.4. The number of hydrogen-bond donors (Lipinski definition) is 2. The van der Waals surface area contributed by atoms with E-state index in [4.69, 9.17) is 16.3 Å². The van der Waals surface area contributed by atoms with Gasteiger partial charge in [0.15, 0.2) is 6.61 Å². The van der Waals surface area contributed by atoms with E-state index in [1.807, 2.05) is 6.92 Å². The zero-order chi connectivity index (χ0) is 14.5. The minimum atomic E-state index is -0.440. The molecule has 110 valence electrons. The van der Waals surface area contributed by atoms with Gasteiger partial charge in [-0.2, -0.15) is 0 Å². The van der Waals surface area contributed by atoms with Crippen molar-refractivity contribution in [1.82, 2.24) is 5.32 Å². The molecule has 0 heterocycles. The number of hydrogen-bond acceptors (Lipinski definition) is 3. The van der Waals surface area contributed by atoms with Gasteiger partial charge in [-0.3, -0.25) is 4.79 Å². The maximum Gasteiger partial charge on any atom is 0.258 e. The van der Waals surface area contributed by atoms with Gasteiger partial charge in [0.1, 0.15) is 5.75 Å². The maximum atomic E-state index is 11.8. The van der Waals surface area contributed by atoms with Gasteiger partial charge < -0.3 is 15.2 Å². The van der Waals surface area contributed by atoms with Crippen molar-refractivity contribution < 1.29 is 14.6 Å². The Hall–Kier alpha value is -1.26. The van der Waals surface area contributed by atoms with Crippen LogP contribution in [0, 0.1) is 6.92 Å². The number of halogens is 1. The second-order valence-corrected chi connectivity index (χ2v) is 5.66. The minimum Gasteiger partial charge on any atom is -0.484 e. The molecule has 1 aliphatic rings. The van der Waals surface area contributed by atoms with Gasteiger partial charge in [0.2, 0.25) is 0 Å². The smallest absolute Gasteiger partial charge is 0.258 e. The number of amides is 1. The molecule has 0 bridgehead atoms. The first-order valence-corrected chi connectivity index (χ1v) is 7.30. The van der Waals surface area contributed by atoms with Crippen molar-refractivity contribution in [3.8, 4) is 5.75 Å². The molecular weight excluding hydrogens is 278 g/mol. The summed E-state index contributed by atoms with van der Waals surface area (Å²) in [5.41, 5.74) is 0.892. The van der Waals surface area contributed by atoms with Crippen molar-refractivity contribution in [3.63, 3.8) is 0 Å². The molecule has 0 spiro atoms. The summed E-state index contributed by atoms with van der Waals surface area (Å²) in [5.74, 6) is 0.444. The molecule has 1 fully saturated rings. The number of benzene rings is 1. The molecule has 0 radical (unpaired) electrons. The lowest BCUT2D eigenvalue weighted by atomic mass is 9.92. The van der Waals surface area contributed by atoms with Crippen LogP contribution in [-0.2, 0) is 4.79 Å². The van der Waals surface area contributed by atoms with Crippen LogP contribution in [0.15, 0.2) is 18.2 Å². The fourth-order valence-electron chi connectivity index (χ4n) is 2.45. The Labute approximate surface area is 124 Å². The van der Waals surface area contributed by atoms with Gasteiger partial charge in [-0.1, -0.05) is 24.4 Å². The zero-order valence-corrected chi connectivity index (χ0v) is 12.3. The van der Waals surface area contributed by atoms with Crippen LogP contribution in [0.2, 0.25) is 5.02 Å². The second-order valence-electron chi connectivity index (χ2n) is 5.22. The average molecular weight is 298 g/mol. The van der Waals surface area contributed by atoms with Gasteiger partial charge in [0.05, 0.1) is 12.1 Å². The molecule has 5 heteroatoms. The molecule has 4 nitrogen and oxygen atoms in total. The van der Waals surface area contributed by atoms with E-state index in [2.05, 4.69) is 5.32 Å². The summed E-state index contributed by atoms with van der Waals surface area (Å²) in [6.45, 7) is 1.83. The van der Waals surface area contributed by atoms with Crippen LogP contribution >= 0.6 is 11.6 Å². The lowest BCUT2D eigenvalue weighted by Crippen LogP contribution is -2.46. The first-order chi connectivity index (χ1) is 9.56. The summed E-state index contributed by atoms with van der Waals surface area (Å²) in [6.07, 6.45) is 3.20. The molecule has 2 atom stereocenters. The number of aryl methyl sites for hydroxylation is 1. The summed E-state index contributed by atoms with van der Waals surface area (Å²) in [5, 5.41) is 13.3. The maximum absolute atomic E-state index is 11.8. The molecule has 1 aliphatic carbocycles. The Morgan fingerprint density at radius 1 is 1.45 bits per heavy atom. The van der Waals surface area contributed by atoms with Crippen LogP contribution in [0.4, 0.5) is 0 Å². The van der Waals surface area contributed by atoms with Crippen LogP contribution in [0.25, 0.3) is 0 Å². The highest BCUT2D eigenvalue weighted by atomic mass is 35.5. The molecular formula is C15H20ClNO3. The first kappa shape index (κ1) is 15.1. The summed E-state index contributed by atoms with van der Waals surface area (Å²) in [6, 6.07) is 5.12. The molecule has 0 saturated heterocycles. The number of nitrogens with one attached hydrogen (secondary N) is 1. The average Bonchev–Trinajstić information content (AvgIpc) is 2.40. The molecule has 1 saturated carbocycles. The summed E-state index contributed by atoms with van der Waals surface area (Å²) in [7, 11) is 0. The number of carbonyl (C=O) groups is 1. The Kier molecular flexibility index (Phi) is 5.26. The molecule has 0 unspecified atom stereocenters. The standard InChI is InChI=1S/C15H20ClNO3/c1-10-8-11(16)6-7-14(10)20-9-15(19)17-12-4-2-3-5-13(12)18/h6-8,12-13,18H,2-5,9H2,1H3,(H,17,19)/t12-,13-/m0/s1. The topological polar surface area (TPSA) is 58.6 Å². The Balaban J connectivity index is 1.82. The van der Waals surface area contributed by atoms with Gasteiger partial charge in [-0.15, -0.1) is 0 Å².